The second kappa shape index (κ2) is 8.34. The molecule has 1 heterocycles. The maximum atomic E-state index is 14.1. The monoisotopic (exact) mass is 445 g/mol. The Morgan fingerprint density at radius 2 is 1.81 bits per heavy atom. The highest BCUT2D eigenvalue weighted by Gasteiger charge is 2.61. The predicted octanol–water partition coefficient (Wildman–Crippen LogP) is 5.35. The lowest BCUT2D eigenvalue weighted by molar-refractivity contribution is -0.125. The molecule has 4 nitrogen and oxygen atoms in total. The van der Waals surface area contributed by atoms with Crippen molar-refractivity contribution < 1.29 is 27.4 Å². The van der Waals surface area contributed by atoms with Gasteiger partial charge in [-0.1, -0.05) is 18.2 Å². The normalized spacial score (nSPS) is 28.2. The van der Waals surface area contributed by atoms with Crippen molar-refractivity contribution in [3.63, 3.8) is 0 Å². The lowest BCUT2D eigenvalue weighted by Crippen LogP contribution is -2.41. The zero-order chi connectivity index (χ0) is 22.3. The minimum Gasteiger partial charge on any atom is -0.490 e. The fourth-order valence-corrected chi connectivity index (χ4v) is 4.71. The van der Waals surface area contributed by atoms with Crippen molar-refractivity contribution in [2.45, 2.75) is 69.1 Å². The standard InChI is InChI=1S/C25H26F3NO3/c26-21-4-2-1-3-19(21)23-11-5-15-13-18(10-12-22(15)32-23)31-17-8-6-16(7-9-17)29-24(30)20-14-25(20,27)28/h1-4,10,12-13,16-17,20,23H,5-9,11,14H2,(H,29,30). The molecular weight excluding hydrogens is 419 g/mol. The van der Waals surface area contributed by atoms with Crippen LogP contribution < -0.4 is 14.8 Å². The summed E-state index contributed by atoms with van der Waals surface area (Å²) in [6.07, 6.45) is 3.82. The third kappa shape index (κ3) is 4.43. The van der Waals surface area contributed by atoms with Gasteiger partial charge in [-0.3, -0.25) is 4.79 Å². The largest absolute Gasteiger partial charge is 0.490 e. The van der Waals surface area contributed by atoms with E-state index in [1.807, 2.05) is 24.3 Å². The van der Waals surface area contributed by atoms with Gasteiger partial charge < -0.3 is 14.8 Å². The maximum absolute atomic E-state index is 14.1. The van der Waals surface area contributed by atoms with Gasteiger partial charge in [0.25, 0.3) is 5.92 Å². The van der Waals surface area contributed by atoms with Crippen LogP contribution in [0.4, 0.5) is 13.2 Å². The summed E-state index contributed by atoms with van der Waals surface area (Å²) in [5.41, 5.74) is 1.62. The van der Waals surface area contributed by atoms with Gasteiger partial charge in [0, 0.05) is 18.0 Å². The molecule has 0 saturated heterocycles. The average Bonchev–Trinajstić information content (AvgIpc) is 3.43. The van der Waals surface area contributed by atoms with Crippen LogP contribution in [-0.2, 0) is 11.2 Å². The zero-order valence-electron chi connectivity index (χ0n) is 17.7. The first-order chi connectivity index (χ1) is 15.4. The van der Waals surface area contributed by atoms with Gasteiger partial charge >= 0.3 is 0 Å². The van der Waals surface area contributed by atoms with E-state index in [0.29, 0.717) is 24.8 Å². The van der Waals surface area contributed by atoms with Gasteiger partial charge in [0.2, 0.25) is 5.91 Å². The molecule has 2 atom stereocenters. The number of aryl methyl sites for hydroxylation is 1. The molecule has 32 heavy (non-hydrogen) atoms. The Bertz CT molecular complexity index is 1000. The summed E-state index contributed by atoms with van der Waals surface area (Å²) in [4.78, 5) is 11.9. The minimum atomic E-state index is -2.82. The average molecular weight is 445 g/mol. The van der Waals surface area contributed by atoms with Crippen LogP contribution >= 0.6 is 0 Å². The number of amides is 1. The van der Waals surface area contributed by atoms with Crippen LogP contribution in [0.2, 0.25) is 0 Å². The van der Waals surface area contributed by atoms with Crippen LogP contribution in [0.5, 0.6) is 11.5 Å². The maximum Gasteiger partial charge on any atom is 0.260 e. The summed E-state index contributed by atoms with van der Waals surface area (Å²) in [7, 11) is 0. The summed E-state index contributed by atoms with van der Waals surface area (Å²) >= 11 is 0. The van der Waals surface area contributed by atoms with E-state index in [1.54, 1.807) is 12.1 Å². The van der Waals surface area contributed by atoms with E-state index in [2.05, 4.69) is 5.32 Å². The van der Waals surface area contributed by atoms with Crippen molar-refractivity contribution >= 4 is 5.91 Å². The van der Waals surface area contributed by atoms with Gasteiger partial charge in [-0.2, -0.15) is 0 Å². The van der Waals surface area contributed by atoms with Crippen LogP contribution in [0.25, 0.3) is 0 Å². The van der Waals surface area contributed by atoms with Crippen molar-refractivity contribution in [1.82, 2.24) is 5.32 Å². The van der Waals surface area contributed by atoms with E-state index in [9.17, 15) is 18.0 Å². The fourth-order valence-electron chi connectivity index (χ4n) is 4.71. The quantitative estimate of drug-likeness (QED) is 0.675. The van der Waals surface area contributed by atoms with Crippen molar-refractivity contribution in [2.75, 3.05) is 0 Å². The molecule has 1 N–H and O–H groups in total. The fraction of sp³-hybridized carbons (Fsp3) is 0.480. The molecule has 0 spiro atoms. The highest BCUT2D eigenvalue weighted by Crippen LogP contribution is 2.48. The number of hydrogen-bond acceptors (Lipinski definition) is 3. The molecular formula is C25H26F3NO3. The Hall–Kier alpha value is -2.70. The molecule has 2 aliphatic carbocycles. The lowest BCUT2D eigenvalue weighted by Gasteiger charge is -2.30. The number of benzene rings is 2. The van der Waals surface area contributed by atoms with Gasteiger partial charge in [-0.05, 0) is 68.4 Å². The first kappa shape index (κ1) is 21.2. The highest BCUT2D eigenvalue weighted by atomic mass is 19.3. The molecule has 2 fully saturated rings. The number of carbonyl (C=O) groups excluding carboxylic acids is 1. The Morgan fingerprint density at radius 3 is 2.53 bits per heavy atom. The third-order valence-electron chi connectivity index (χ3n) is 6.69. The number of halogens is 3. The molecule has 2 unspecified atom stereocenters. The molecule has 3 aliphatic rings. The van der Waals surface area contributed by atoms with Crippen LogP contribution in [0.1, 0.15) is 55.8 Å². The van der Waals surface area contributed by atoms with E-state index in [-0.39, 0.29) is 30.5 Å². The second-order valence-corrected chi connectivity index (χ2v) is 9.05. The Balaban J connectivity index is 1.13. The molecule has 0 aromatic heterocycles. The summed E-state index contributed by atoms with van der Waals surface area (Å²) in [5, 5.41) is 2.77. The number of nitrogens with one attached hydrogen (secondary N) is 1. The summed E-state index contributed by atoms with van der Waals surface area (Å²) in [6, 6.07) is 12.4. The highest BCUT2D eigenvalue weighted by molar-refractivity contribution is 5.83. The number of alkyl halides is 2. The van der Waals surface area contributed by atoms with Crippen molar-refractivity contribution in [3.8, 4) is 11.5 Å². The summed E-state index contributed by atoms with van der Waals surface area (Å²) in [5.74, 6) is -3.23. The van der Waals surface area contributed by atoms with Gasteiger partial charge in [0.05, 0.1) is 6.10 Å². The molecule has 2 aromatic rings. The number of fused-ring (bicyclic) bond motifs is 1. The predicted molar refractivity (Wildman–Crippen MR) is 112 cm³/mol. The molecule has 0 bridgehead atoms. The summed E-state index contributed by atoms with van der Waals surface area (Å²) < 4.78 is 52.4. The van der Waals surface area contributed by atoms with Crippen molar-refractivity contribution in [2.24, 2.45) is 5.92 Å². The SMILES string of the molecule is O=C(NC1CCC(Oc2ccc3c(c2)CCC(c2ccccc2F)O3)CC1)C1CC1(F)F. The smallest absolute Gasteiger partial charge is 0.260 e. The number of rotatable bonds is 5. The molecule has 2 saturated carbocycles. The summed E-state index contributed by atoms with van der Waals surface area (Å²) in [6.45, 7) is 0. The number of carbonyl (C=O) groups is 1. The Labute approximate surface area is 185 Å². The Kier molecular flexibility index (Phi) is 5.51. The molecule has 1 aliphatic heterocycles. The molecule has 2 aromatic carbocycles. The number of hydrogen-bond donors (Lipinski definition) is 1. The third-order valence-corrected chi connectivity index (χ3v) is 6.69. The topological polar surface area (TPSA) is 47.6 Å². The van der Waals surface area contributed by atoms with Crippen LogP contribution in [0.3, 0.4) is 0 Å². The first-order valence-electron chi connectivity index (χ1n) is 11.3. The van der Waals surface area contributed by atoms with Gasteiger partial charge in [-0.15, -0.1) is 0 Å². The zero-order valence-corrected chi connectivity index (χ0v) is 17.7. The van der Waals surface area contributed by atoms with Crippen LogP contribution in [-0.4, -0.2) is 24.0 Å². The minimum absolute atomic E-state index is 0.0271. The lowest BCUT2D eigenvalue weighted by atomic mass is 9.92. The van der Waals surface area contributed by atoms with E-state index in [0.717, 1.165) is 36.3 Å². The van der Waals surface area contributed by atoms with Gasteiger partial charge in [0.15, 0.2) is 0 Å². The van der Waals surface area contributed by atoms with E-state index >= 15 is 0 Å². The number of ether oxygens (including phenoxy) is 2. The van der Waals surface area contributed by atoms with Crippen LogP contribution in [0.15, 0.2) is 42.5 Å². The molecule has 5 rings (SSSR count). The molecule has 7 heteroatoms. The van der Waals surface area contributed by atoms with Gasteiger partial charge in [0.1, 0.15) is 29.3 Å². The van der Waals surface area contributed by atoms with Crippen LogP contribution in [0, 0.1) is 11.7 Å². The first-order valence-corrected chi connectivity index (χ1v) is 11.3. The van der Waals surface area contributed by atoms with E-state index in [4.69, 9.17) is 9.47 Å². The molecule has 170 valence electrons. The van der Waals surface area contributed by atoms with Gasteiger partial charge in [-0.25, -0.2) is 13.2 Å². The van der Waals surface area contributed by atoms with Crippen molar-refractivity contribution in [3.05, 3.63) is 59.4 Å². The van der Waals surface area contributed by atoms with Crippen molar-refractivity contribution in [1.29, 1.82) is 0 Å². The molecule has 0 radical (unpaired) electrons. The second-order valence-electron chi connectivity index (χ2n) is 9.05. The van der Waals surface area contributed by atoms with E-state index in [1.165, 1.54) is 6.07 Å². The Morgan fingerprint density at radius 1 is 1.06 bits per heavy atom. The molecule has 1 amide bonds. The van der Waals surface area contributed by atoms with E-state index < -0.39 is 17.7 Å².